The summed E-state index contributed by atoms with van der Waals surface area (Å²) in [6, 6.07) is 0. The summed E-state index contributed by atoms with van der Waals surface area (Å²) in [6.45, 7) is 6.91. The zero-order valence-electron chi connectivity index (χ0n) is 11.3. The van der Waals surface area contributed by atoms with Gasteiger partial charge in [0.15, 0.2) is 9.84 Å². The molecule has 1 fully saturated rings. The van der Waals surface area contributed by atoms with Crippen LogP contribution < -0.4 is 11.1 Å². The van der Waals surface area contributed by atoms with Crippen molar-refractivity contribution in [1.82, 2.24) is 5.32 Å². The fourth-order valence-electron chi connectivity index (χ4n) is 1.85. The molecule has 18 heavy (non-hydrogen) atoms. The van der Waals surface area contributed by atoms with E-state index in [-0.39, 0.29) is 12.3 Å². The molecule has 1 aliphatic carbocycles. The van der Waals surface area contributed by atoms with Gasteiger partial charge in [-0.15, -0.1) is 0 Å². The van der Waals surface area contributed by atoms with Gasteiger partial charge in [-0.25, -0.2) is 13.2 Å². The zero-order chi connectivity index (χ0) is 14.2. The molecule has 0 spiro atoms. The summed E-state index contributed by atoms with van der Waals surface area (Å²) in [6.07, 6.45) is -0.263. The van der Waals surface area contributed by atoms with E-state index in [2.05, 4.69) is 5.32 Å². The lowest BCUT2D eigenvalue weighted by atomic mass is 10.2. The van der Waals surface area contributed by atoms with E-state index in [1.807, 2.05) is 0 Å². The molecule has 0 unspecified atom stereocenters. The second-order valence-electron chi connectivity index (χ2n) is 5.63. The maximum absolute atomic E-state index is 11.8. The number of carbonyl (C=O) groups excluding carboxylic acids is 1. The third-order valence-electron chi connectivity index (χ3n) is 2.96. The summed E-state index contributed by atoms with van der Waals surface area (Å²) >= 11 is 0. The Bertz CT molecular complexity index is 427. The largest absolute Gasteiger partial charge is 0.444 e. The first-order valence-corrected chi connectivity index (χ1v) is 7.70. The van der Waals surface area contributed by atoms with Gasteiger partial charge in [0.05, 0.1) is 10.8 Å². The highest BCUT2D eigenvalue weighted by Crippen LogP contribution is 2.41. The molecule has 2 atom stereocenters. The molecule has 6 nitrogen and oxygen atoms in total. The number of alkyl carbamates (subject to hydrolysis) is 1. The number of carbonyl (C=O) groups is 1. The number of amides is 1. The monoisotopic (exact) mass is 278 g/mol. The lowest BCUT2D eigenvalue weighted by molar-refractivity contribution is 0.0499. The van der Waals surface area contributed by atoms with Gasteiger partial charge in [-0.1, -0.05) is 6.92 Å². The summed E-state index contributed by atoms with van der Waals surface area (Å²) < 4.78 is 28.6. The molecule has 1 aliphatic rings. The Hall–Kier alpha value is -0.820. The van der Waals surface area contributed by atoms with Crippen LogP contribution in [-0.2, 0) is 14.6 Å². The predicted molar refractivity (Wildman–Crippen MR) is 69.0 cm³/mol. The van der Waals surface area contributed by atoms with Gasteiger partial charge in [-0.05, 0) is 27.2 Å². The van der Waals surface area contributed by atoms with Gasteiger partial charge in [0.1, 0.15) is 5.60 Å². The normalized spacial score (nSPS) is 27.7. The molecule has 0 radical (unpaired) electrons. The summed E-state index contributed by atoms with van der Waals surface area (Å²) in [5, 5.41) is 2.01. The molecule has 0 aromatic rings. The standard InChI is InChI=1S/C11H22N2O4S/c1-5-18(15,16)8-6-11(8,7-12)13-9(14)17-10(2,3)4/h8H,5-7,12H2,1-4H3,(H,13,14)/t8-,11-/m0/s1. The van der Waals surface area contributed by atoms with Crippen molar-refractivity contribution in [3.63, 3.8) is 0 Å². The van der Waals surface area contributed by atoms with Gasteiger partial charge in [-0.3, -0.25) is 0 Å². The van der Waals surface area contributed by atoms with Crippen LogP contribution in [0.2, 0.25) is 0 Å². The molecule has 3 N–H and O–H groups in total. The van der Waals surface area contributed by atoms with E-state index < -0.39 is 32.3 Å². The van der Waals surface area contributed by atoms with Crippen LogP contribution in [0.25, 0.3) is 0 Å². The molecule has 106 valence electrons. The minimum Gasteiger partial charge on any atom is -0.444 e. The van der Waals surface area contributed by atoms with Gasteiger partial charge >= 0.3 is 6.09 Å². The van der Waals surface area contributed by atoms with E-state index in [4.69, 9.17) is 10.5 Å². The van der Waals surface area contributed by atoms with Crippen LogP contribution >= 0.6 is 0 Å². The summed E-state index contributed by atoms with van der Waals surface area (Å²) in [5.41, 5.74) is 4.12. The third kappa shape index (κ3) is 3.35. The molecule has 0 aromatic carbocycles. The van der Waals surface area contributed by atoms with Crippen molar-refractivity contribution in [2.45, 2.75) is 50.5 Å². The average molecular weight is 278 g/mol. The highest BCUT2D eigenvalue weighted by Gasteiger charge is 2.61. The average Bonchev–Trinajstić information content (AvgIpc) is 2.91. The molecule has 7 heteroatoms. The second-order valence-corrected chi connectivity index (χ2v) is 8.10. The van der Waals surface area contributed by atoms with Gasteiger partial charge in [0.2, 0.25) is 0 Å². The van der Waals surface area contributed by atoms with Crippen molar-refractivity contribution in [2.24, 2.45) is 5.73 Å². The third-order valence-corrected chi connectivity index (χ3v) is 5.25. The molecule has 0 saturated heterocycles. The molecule has 0 aromatic heterocycles. The first-order valence-electron chi connectivity index (χ1n) is 5.99. The van der Waals surface area contributed by atoms with E-state index in [0.717, 1.165) is 0 Å². The summed E-state index contributed by atoms with van der Waals surface area (Å²) in [5.74, 6) is 0.0510. The highest BCUT2D eigenvalue weighted by atomic mass is 32.2. The van der Waals surface area contributed by atoms with Crippen LogP contribution in [0.1, 0.15) is 34.1 Å². The van der Waals surface area contributed by atoms with Crippen LogP contribution in [0.3, 0.4) is 0 Å². The maximum atomic E-state index is 11.8. The van der Waals surface area contributed by atoms with Crippen LogP contribution in [0.5, 0.6) is 0 Å². The minimum atomic E-state index is -3.18. The topological polar surface area (TPSA) is 98.5 Å². The molecule has 0 aliphatic heterocycles. The second kappa shape index (κ2) is 4.70. The Labute approximate surface area is 108 Å². The Balaban J connectivity index is 2.69. The summed E-state index contributed by atoms with van der Waals surface area (Å²) in [7, 11) is -3.18. The molecule has 0 bridgehead atoms. The minimum absolute atomic E-state index is 0.0510. The highest BCUT2D eigenvalue weighted by molar-refractivity contribution is 7.92. The van der Waals surface area contributed by atoms with E-state index in [9.17, 15) is 13.2 Å². The first-order chi connectivity index (χ1) is 8.06. The lowest BCUT2D eigenvalue weighted by Gasteiger charge is -2.23. The smallest absolute Gasteiger partial charge is 0.408 e. The van der Waals surface area contributed by atoms with Crippen molar-refractivity contribution >= 4 is 15.9 Å². The van der Waals surface area contributed by atoms with Crippen LogP contribution in [0.15, 0.2) is 0 Å². The fourth-order valence-corrected chi connectivity index (χ4v) is 3.64. The van der Waals surface area contributed by atoms with E-state index >= 15 is 0 Å². The number of ether oxygens (including phenoxy) is 1. The zero-order valence-corrected chi connectivity index (χ0v) is 12.1. The first kappa shape index (κ1) is 15.2. The van der Waals surface area contributed by atoms with E-state index in [0.29, 0.717) is 6.42 Å². The SMILES string of the molecule is CCS(=O)(=O)[C@H]1C[C@@]1(CN)NC(=O)OC(C)(C)C. The van der Waals surface area contributed by atoms with Crippen molar-refractivity contribution in [2.75, 3.05) is 12.3 Å². The molecular weight excluding hydrogens is 256 g/mol. The number of nitrogens with two attached hydrogens (primary N) is 1. The van der Waals surface area contributed by atoms with E-state index in [1.165, 1.54) is 0 Å². The summed E-state index contributed by atoms with van der Waals surface area (Å²) in [4.78, 5) is 11.7. The predicted octanol–water partition coefficient (Wildman–Crippen LogP) is 0.416. The molecule has 1 amide bonds. The number of hydrogen-bond donors (Lipinski definition) is 2. The number of sulfone groups is 1. The number of nitrogens with one attached hydrogen (secondary N) is 1. The van der Waals surface area contributed by atoms with Gasteiger partial charge < -0.3 is 15.8 Å². The molecule has 1 saturated carbocycles. The Morgan fingerprint density at radius 2 is 2.06 bits per heavy atom. The Morgan fingerprint density at radius 3 is 2.44 bits per heavy atom. The fraction of sp³-hybridized carbons (Fsp3) is 0.909. The molecule has 1 rings (SSSR count). The number of rotatable bonds is 4. The maximum Gasteiger partial charge on any atom is 0.408 e. The quantitative estimate of drug-likeness (QED) is 0.776. The molecular formula is C11H22N2O4S. The van der Waals surface area contributed by atoms with Crippen LogP contribution in [0.4, 0.5) is 4.79 Å². The van der Waals surface area contributed by atoms with Crippen LogP contribution in [0, 0.1) is 0 Å². The van der Waals surface area contributed by atoms with Crippen molar-refractivity contribution in [3.8, 4) is 0 Å². The van der Waals surface area contributed by atoms with Gasteiger partial charge in [-0.2, -0.15) is 0 Å². The van der Waals surface area contributed by atoms with Gasteiger partial charge in [0, 0.05) is 12.3 Å². The van der Waals surface area contributed by atoms with Crippen LogP contribution in [-0.4, -0.2) is 43.2 Å². The van der Waals surface area contributed by atoms with E-state index in [1.54, 1.807) is 27.7 Å². The number of hydrogen-bond acceptors (Lipinski definition) is 5. The van der Waals surface area contributed by atoms with Crippen molar-refractivity contribution < 1.29 is 17.9 Å². The molecule has 0 heterocycles. The Kier molecular flexibility index (Phi) is 3.97. The Morgan fingerprint density at radius 1 is 1.50 bits per heavy atom. The van der Waals surface area contributed by atoms with Crippen molar-refractivity contribution in [1.29, 1.82) is 0 Å². The van der Waals surface area contributed by atoms with Crippen molar-refractivity contribution in [3.05, 3.63) is 0 Å². The van der Waals surface area contributed by atoms with Gasteiger partial charge in [0.25, 0.3) is 0 Å². The lowest BCUT2D eigenvalue weighted by Crippen LogP contribution is -2.48.